The van der Waals surface area contributed by atoms with Gasteiger partial charge in [0.2, 0.25) is 0 Å². The lowest BCUT2D eigenvalue weighted by Crippen LogP contribution is -2.02. The van der Waals surface area contributed by atoms with Crippen molar-refractivity contribution < 1.29 is 0 Å². The molecule has 1 fully saturated rings. The lowest BCUT2D eigenvalue weighted by Gasteiger charge is -2.02. The highest BCUT2D eigenvalue weighted by Gasteiger charge is 2.32. The van der Waals surface area contributed by atoms with E-state index in [1.54, 1.807) is 0 Å². The van der Waals surface area contributed by atoms with E-state index in [2.05, 4.69) is 17.0 Å². The third-order valence-corrected chi connectivity index (χ3v) is 2.91. The zero-order valence-electron chi connectivity index (χ0n) is 7.21. The van der Waals surface area contributed by atoms with Gasteiger partial charge in [-0.2, -0.15) is 0 Å². The van der Waals surface area contributed by atoms with Gasteiger partial charge in [-0.15, -0.1) is 11.6 Å². The minimum Gasteiger partial charge on any atom is -0.292 e. The van der Waals surface area contributed by atoms with Crippen LogP contribution in [0.5, 0.6) is 0 Å². The fraction of sp³-hybridized carbons (Fsp3) is 0.400. The molecule has 0 bridgehead atoms. The molecule has 0 radical (unpaired) electrons. The summed E-state index contributed by atoms with van der Waals surface area (Å²) < 4.78 is 0. The largest absolute Gasteiger partial charge is 0.292 e. The summed E-state index contributed by atoms with van der Waals surface area (Å²) in [6.45, 7) is 2.13. The molecule has 1 aromatic rings. The quantitative estimate of drug-likeness (QED) is 0.554. The van der Waals surface area contributed by atoms with Crippen LogP contribution in [0.25, 0.3) is 0 Å². The van der Waals surface area contributed by atoms with Gasteiger partial charge in [0.15, 0.2) is 0 Å². The Kier molecular flexibility index (Phi) is 2.77. The van der Waals surface area contributed by atoms with E-state index in [0.29, 0.717) is 6.04 Å². The molecular formula is C10H11Cl2N. The monoisotopic (exact) mass is 215 g/mol. The van der Waals surface area contributed by atoms with Crippen molar-refractivity contribution in [3.63, 3.8) is 0 Å². The van der Waals surface area contributed by atoms with E-state index in [1.807, 2.05) is 12.1 Å². The summed E-state index contributed by atoms with van der Waals surface area (Å²) in [7, 11) is 0. The SMILES string of the molecule is ClCC1CN1Cc1ccc(Cl)cc1. The number of hydrogen-bond donors (Lipinski definition) is 0. The van der Waals surface area contributed by atoms with E-state index in [9.17, 15) is 0 Å². The first-order chi connectivity index (χ1) is 6.29. The number of rotatable bonds is 3. The molecule has 0 aromatic heterocycles. The number of benzene rings is 1. The van der Waals surface area contributed by atoms with Crippen molar-refractivity contribution in [2.24, 2.45) is 0 Å². The predicted octanol–water partition coefficient (Wildman–Crippen LogP) is 2.76. The number of nitrogens with zero attached hydrogens (tertiary/aromatic N) is 1. The van der Waals surface area contributed by atoms with Crippen molar-refractivity contribution in [2.45, 2.75) is 12.6 Å². The van der Waals surface area contributed by atoms with Crippen LogP contribution in [0.15, 0.2) is 24.3 Å². The molecule has 0 amide bonds. The normalized spacial score (nSPS) is 26.0. The van der Waals surface area contributed by atoms with Gasteiger partial charge in [0, 0.05) is 30.0 Å². The standard InChI is InChI=1S/C10H11Cl2N/c11-5-10-7-13(10)6-8-1-3-9(12)4-2-8/h1-4,10H,5-7H2. The van der Waals surface area contributed by atoms with Gasteiger partial charge in [0.05, 0.1) is 0 Å². The van der Waals surface area contributed by atoms with Gasteiger partial charge in [-0.25, -0.2) is 0 Å². The summed E-state index contributed by atoms with van der Waals surface area (Å²) in [6, 6.07) is 8.57. The number of alkyl halides is 1. The Balaban J connectivity index is 1.92. The molecule has 2 unspecified atom stereocenters. The Morgan fingerprint density at radius 2 is 2.00 bits per heavy atom. The topological polar surface area (TPSA) is 3.01 Å². The molecule has 70 valence electrons. The van der Waals surface area contributed by atoms with Crippen LogP contribution in [0.1, 0.15) is 5.56 Å². The highest BCUT2D eigenvalue weighted by Crippen LogP contribution is 2.22. The van der Waals surface area contributed by atoms with Crippen LogP contribution in [0.2, 0.25) is 5.02 Å². The van der Waals surface area contributed by atoms with Crippen molar-refractivity contribution in [3.05, 3.63) is 34.9 Å². The molecule has 1 aliphatic rings. The van der Waals surface area contributed by atoms with Crippen molar-refractivity contribution >= 4 is 23.2 Å². The van der Waals surface area contributed by atoms with Crippen LogP contribution in [0.4, 0.5) is 0 Å². The first kappa shape index (κ1) is 9.32. The summed E-state index contributed by atoms with van der Waals surface area (Å²) in [4.78, 5) is 2.34. The second-order valence-electron chi connectivity index (χ2n) is 3.36. The van der Waals surface area contributed by atoms with Crippen molar-refractivity contribution in [2.75, 3.05) is 12.4 Å². The van der Waals surface area contributed by atoms with Crippen LogP contribution in [0, 0.1) is 0 Å². The zero-order chi connectivity index (χ0) is 9.26. The summed E-state index contributed by atoms with van der Waals surface area (Å²) in [5, 5.41) is 0.795. The van der Waals surface area contributed by atoms with Gasteiger partial charge in [-0.05, 0) is 17.7 Å². The van der Waals surface area contributed by atoms with E-state index < -0.39 is 0 Å². The van der Waals surface area contributed by atoms with Crippen LogP contribution in [-0.2, 0) is 6.54 Å². The van der Waals surface area contributed by atoms with Crippen molar-refractivity contribution in [1.82, 2.24) is 4.90 Å². The van der Waals surface area contributed by atoms with Gasteiger partial charge >= 0.3 is 0 Å². The fourth-order valence-corrected chi connectivity index (χ4v) is 1.81. The minimum absolute atomic E-state index is 0.595. The fourth-order valence-electron chi connectivity index (χ4n) is 1.39. The van der Waals surface area contributed by atoms with Gasteiger partial charge in [-0.1, -0.05) is 23.7 Å². The lowest BCUT2D eigenvalue weighted by molar-refractivity contribution is 0.516. The van der Waals surface area contributed by atoms with Gasteiger partial charge in [0.25, 0.3) is 0 Å². The highest BCUT2D eigenvalue weighted by molar-refractivity contribution is 6.30. The average Bonchev–Trinajstić information content (AvgIpc) is 2.88. The van der Waals surface area contributed by atoms with E-state index in [-0.39, 0.29) is 0 Å². The molecule has 0 N–H and O–H groups in total. The van der Waals surface area contributed by atoms with Crippen molar-refractivity contribution in [1.29, 1.82) is 0 Å². The summed E-state index contributed by atoms with van der Waals surface area (Å²) in [5.41, 5.74) is 1.30. The third kappa shape index (κ3) is 2.37. The van der Waals surface area contributed by atoms with E-state index in [4.69, 9.17) is 23.2 Å². The lowest BCUT2D eigenvalue weighted by atomic mass is 10.2. The molecule has 13 heavy (non-hydrogen) atoms. The second kappa shape index (κ2) is 3.87. The third-order valence-electron chi connectivity index (χ3n) is 2.31. The molecular weight excluding hydrogens is 205 g/mol. The molecule has 2 rings (SSSR count). The summed E-state index contributed by atoms with van der Waals surface area (Å²) in [6.07, 6.45) is 0. The number of halogens is 2. The Morgan fingerprint density at radius 3 is 2.54 bits per heavy atom. The Labute approximate surface area is 88.3 Å². The van der Waals surface area contributed by atoms with Crippen LogP contribution in [0.3, 0.4) is 0 Å². The van der Waals surface area contributed by atoms with Gasteiger partial charge < -0.3 is 0 Å². The molecule has 1 heterocycles. The predicted molar refractivity (Wildman–Crippen MR) is 56.4 cm³/mol. The molecule has 0 aliphatic carbocycles. The van der Waals surface area contributed by atoms with Crippen molar-refractivity contribution in [3.8, 4) is 0 Å². The Morgan fingerprint density at radius 1 is 1.31 bits per heavy atom. The van der Waals surface area contributed by atoms with E-state index in [0.717, 1.165) is 24.0 Å². The second-order valence-corrected chi connectivity index (χ2v) is 4.11. The smallest absolute Gasteiger partial charge is 0.0406 e. The first-order valence-corrected chi connectivity index (χ1v) is 5.25. The van der Waals surface area contributed by atoms with Crippen LogP contribution in [-0.4, -0.2) is 23.4 Å². The Bertz CT molecular complexity index is 283. The highest BCUT2D eigenvalue weighted by atomic mass is 35.5. The van der Waals surface area contributed by atoms with E-state index >= 15 is 0 Å². The molecule has 2 atom stereocenters. The molecule has 0 spiro atoms. The molecule has 1 saturated heterocycles. The Hall–Kier alpha value is -0.240. The van der Waals surface area contributed by atoms with Gasteiger partial charge in [0.1, 0.15) is 0 Å². The minimum atomic E-state index is 0.595. The maximum absolute atomic E-state index is 5.79. The van der Waals surface area contributed by atoms with Crippen LogP contribution >= 0.6 is 23.2 Å². The van der Waals surface area contributed by atoms with E-state index in [1.165, 1.54) is 5.56 Å². The number of hydrogen-bond acceptors (Lipinski definition) is 1. The summed E-state index contributed by atoms with van der Waals surface area (Å²) in [5.74, 6) is 0.744. The molecule has 3 heteroatoms. The van der Waals surface area contributed by atoms with Gasteiger partial charge in [-0.3, -0.25) is 4.90 Å². The molecule has 1 aliphatic heterocycles. The average molecular weight is 216 g/mol. The van der Waals surface area contributed by atoms with Crippen LogP contribution < -0.4 is 0 Å². The molecule has 1 nitrogen and oxygen atoms in total. The molecule has 0 saturated carbocycles. The molecule has 1 aromatic carbocycles. The maximum atomic E-state index is 5.79. The maximum Gasteiger partial charge on any atom is 0.0406 e. The zero-order valence-corrected chi connectivity index (χ0v) is 8.72. The summed E-state index contributed by atoms with van der Waals surface area (Å²) >= 11 is 11.5. The first-order valence-electron chi connectivity index (χ1n) is 4.34.